The Morgan fingerprint density at radius 1 is 1.05 bits per heavy atom. The second-order valence-corrected chi connectivity index (χ2v) is 12.8. The van der Waals surface area contributed by atoms with Crippen LogP contribution in [0.25, 0.3) is 11.0 Å². The van der Waals surface area contributed by atoms with E-state index in [4.69, 9.17) is 9.72 Å². The molecule has 2 fully saturated rings. The Balaban J connectivity index is 1.36. The van der Waals surface area contributed by atoms with Gasteiger partial charge >= 0.3 is 6.09 Å². The van der Waals surface area contributed by atoms with Crippen molar-refractivity contribution < 1.29 is 18.7 Å². The van der Waals surface area contributed by atoms with Gasteiger partial charge in [0, 0.05) is 18.8 Å². The number of methoxy groups -OCH3 is 1. The zero-order chi connectivity index (χ0) is 31.4. The first-order valence-corrected chi connectivity index (χ1v) is 16.5. The van der Waals surface area contributed by atoms with Gasteiger partial charge in [-0.25, -0.2) is 14.2 Å². The van der Waals surface area contributed by atoms with E-state index in [1.807, 2.05) is 30.9 Å². The van der Waals surface area contributed by atoms with Gasteiger partial charge in [0.15, 0.2) is 0 Å². The molecule has 44 heavy (non-hydrogen) atoms. The van der Waals surface area contributed by atoms with Crippen LogP contribution in [0.3, 0.4) is 0 Å². The van der Waals surface area contributed by atoms with Crippen LogP contribution in [0.4, 0.5) is 14.9 Å². The first-order valence-electron chi connectivity index (χ1n) is 16.5. The van der Waals surface area contributed by atoms with Crippen molar-refractivity contribution in [1.29, 1.82) is 0 Å². The summed E-state index contributed by atoms with van der Waals surface area (Å²) in [5.41, 5.74) is 4.74. The van der Waals surface area contributed by atoms with Gasteiger partial charge in [0.05, 0.1) is 30.2 Å². The van der Waals surface area contributed by atoms with Crippen molar-refractivity contribution in [3.8, 4) is 0 Å². The van der Waals surface area contributed by atoms with E-state index in [0.29, 0.717) is 6.54 Å². The van der Waals surface area contributed by atoms with Gasteiger partial charge in [-0.05, 0) is 85.8 Å². The number of benzene rings is 2. The quantitative estimate of drug-likeness (QED) is 0.233. The summed E-state index contributed by atoms with van der Waals surface area (Å²) in [6.07, 6.45) is 7.23. The third-order valence-corrected chi connectivity index (χ3v) is 9.43. The van der Waals surface area contributed by atoms with Crippen molar-refractivity contribution in [1.82, 2.24) is 20.2 Å². The largest absolute Gasteiger partial charge is 0.453 e. The van der Waals surface area contributed by atoms with Crippen LogP contribution in [0.15, 0.2) is 36.4 Å². The standard InChI is InChI=1S/C35H48FN5O3/c1-6-10-23(11-7-2)26-16-15-25(21-27(26)36)40-18-8-12-30(40)24-14-17-28-29(20-24)38-33(37-28)31-13-9-19-41(31)34(42)32(22(3)4)39-35(43)44-5/h14-17,20-23,30-32H,6-13,18-19H2,1-5H3,(H,37,38)(H,39,43)/t30-,31+,32+/m1/s1. The molecule has 0 unspecified atom stereocenters. The zero-order valence-corrected chi connectivity index (χ0v) is 26.9. The predicted octanol–water partition coefficient (Wildman–Crippen LogP) is 7.77. The van der Waals surface area contributed by atoms with Crippen LogP contribution in [-0.4, -0.2) is 53.1 Å². The van der Waals surface area contributed by atoms with Crippen LogP contribution in [0.5, 0.6) is 0 Å². The minimum absolute atomic E-state index is 0.0887. The van der Waals surface area contributed by atoms with Crippen molar-refractivity contribution in [3.63, 3.8) is 0 Å². The fourth-order valence-corrected chi connectivity index (χ4v) is 7.21. The van der Waals surface area contributed by atoms with Crippen LogP contribution in [0.2, 0.25) is 0 Å². The minimum atomic E-state index is -0.671. The van der Waals surface area contributed by atoms with Crippen molar-refractivity contribution in [2.24, 2.45) is 5.92 Å². The van der Waals surface area contributed by atoms with E-state index in [2.05, 4.69) is 47.2 Å². The monoisotopic (exact) mass is 605 g/mol. The van der Waals surface area contributed by atoms with E-state index in [1.54, 1.807) is 6.07 Å². The number of rotatable bonds is 11. The molecule has 0 spiro atoms. The third-order valence-electron chi connectivity index (χ3n) is 9.43. The topological polar surface area (TPSA) is 90.6 Å². The SMILES string of the molecule is CCCC(CCC)c1ccc(N2CCC[C@@H]2c2ccc3nc([C@@H]4CCCN4C(=O)[C@@H](NC(=O)OC)C(C)C)[nH]c3c2)cc1F. The number of carbonyl (C=O) groups excluding carboxylic acids is 2. The summed E-state index contributed by atoms with van der Waals surface area (Å²) in [6, 6.07) is 11.5. The summed E-state index contributed by atoms with van der Waals surface area (Å²) in [7, 11) is 1.30. The Hall–Kier alpha value is -3.62. The Morgan fingerprint density at radius 2 is 1.77 bits per heavy atom. The second kappa shape index (κ2) is 14.0. The first kappa shape index (κ1) is 31.8. The number of likely N-dealkylation sites (tertiary alicyclic amines) is 1. The fraction of sp³-hybridized carbons (Fsp3) is 0.571. The number of nitrogens with zero attached hydrogens (tertiary/aromatic N) is 3. The van der Waals surface area contributed by atoms with E-state index in [0.717, 1.165) is 86.0 Å². The number of carbonyl (C=O) groups is 2. The Labute approximate surface area is 260 Å². The average Bonchev–Trinajstić information content (AvgIpc) is 3.78. The third kappa shape index (κ3) is 6.57. The van der Waals surface area contributed by atoms with E-state index in [9.17, 15) is 9.59 Å². The molecule has 3 aromatic rings. The first-order chi connectivity index (χ1) is 21.2. The molecule has 2 aliphatic heterocycles. The van der Waals surface area contributed by atoms with Crippen LogP contribution < -0.4 is 10.2 Å². The molecule has 3 heterocycles. The summed E-state index contributed by atoms with van der Waals surface area (Å²) in [6.45, 7) is 9.66. The number of ether oxygens (including phenoxy) is 1. The van der Waals surface area contributed by atoms with Crippen molar-refractivity contribution in [3.05, 3.63) is 59.2 Å². The molecule has 238 valence electrons. The number of anilines is 1. The molecule has 2 aromatic carbocycles. The summed E-state index contributed by atoms with van der Waals surface area (Å²) in [4.78, 5) is 38.1. The molecule has 2 aliphatic rings. The number of amides is 2. The lowest BCUT2D eigenvalue weighted by atomic mass is 9.90. The maximum atomic E-state index is 15.5. The van der Waals surface area contributed by atoms with E-state index in [1.165, 1.54) is 12.7 Å². The number of halogens is 1. The average molecular weight is 606 g/mol. The van der Waals surface area contributed by atoms with Gasteiger partial charge in [0.25, 0.3) is 0 Å². The highest BCUT2D eigenvalue weighted by Crippen LogP contribution is 2.39. The minimum Gasteiger partial charge on any atom is -0.453 e. The van der Waals surface area contributed by atoms with E-state index < -0.39 is 12.1 Å². The highest BCUT2D eigenvalue weighted by atomic mass is 19.1. The summed E-state index contributed by atoms with van der Waals surface area (Å²) >= 11 is 0. The molecule has 2 N–H and O–H groups in total. The lowest BCUT2D eigenvalue weighted by Gasteiger charge is -2.29. The number of nitrogens with one attached hydrogen (secondary N) is 2. The number of aromatic nitrogens is 2. The molecule has 2 saturated heterocycles. The summed E-state index contributed by atoms with van der Waals surface area (Å²) in [5, 5.41) is 2.71. The van der Waals surface area contributed by atoms with Gasteiger partial charge in [-0.3, -0.25) is 4.79 Å². The lowest BCUT2D eigenvalue weighted by molar-refractivity contribution is -0.135. The molecular formula is C35H48FN5O3. The molecule has 8 nitrogen and oxygen atoms in total. The van der Waals surface area contributed by atoms with Gasteiger partial charge in [0.2, 0.25) is 5.91 Å². The normalized spacial score (nSPS) is 19.4. The molecular weight excluding hydrogens is 557 g/mol. The summed E-state index contributed by atoms with van der Waals surface area (Å²) in [5.74, 6) is 0.736. The Morgan fingerprint density at radius 3 is 2.45 bits per heavy atom. The van der Waals surface area contributed by atoms with Crippen molar-refractivity contribution in [2.75, 3.05) is 25.1 Å². The number of alkyl carbamates (subject to hydrolysis) is 1. The van der Waals surface area contributed by atoms with Gasteiger partial charge < -0.3 is 24.8 Å². The maximum Gasteiger partial charge on any atom is 0.407 e. The lowest BCUT2D eigenvalue weighted by Crippen LogP contribution is -2.51. The molecule has 2 amide bonds. The molecule has 0 bridgehead atoms. The van der Waals surface area contributed by atoms with Crippen LogP contribution >= 0.6 is 0 Å². The number of imidazole rings is 1. The maximum absolute atomic E-state index is 15.5. The van der Waals surface area contributed by atoms with E-state index >= 15 is 4.39 Å². The fourth-order valence-electron chi connectivity index (χ4n) is 7.21. The molecule has 0 aliphatic carbocycles. The molecule has 1 aromatic heterocycles. The van der Waals surface area contributed by atoms with Crippen molar-refractivity contribution >= 4 is 28.7 Å². The molecule has 9 heteroatoms. The van der Waals surface area contributed by atoms with Gasteiger partial charge in [-0.1, -0.05) is 52.7 Å². The summed E-state index contributed by atoms with van der Waals surface area (Å²) < 4.78 is 20.2. The van der Waals surface area contributed by atoms with E-state index in [-0.39, 0.29) is 35.6 Å². The van der Waals surface area contributed by atoms with Crippen LogP contribution in [0.1, 0.15) is 114 Å². The molecule has 0 saturated carbocycles. The number of aromatic amines is 1. The Kier molecular flexibility index (Phi) is 10.1. The number of H-pyrrole nitrogens is 1. The zero-order valence-electron chi connectivity index (χ0n) is 26.9. The number of hydrogen-bond donors (Lipinski definition) is 2. The highest BCUT2D eigenvalue weighted by molar-refractivity contribution is 5.86. The van der Waals surface area contributed by atoms with Crippen molar-refractivity contribution in [2.45, 2.75) is 103 Å². The smallest absolute Gasteiger partial charge is 0.407 e. The highest BCUT2D eigenvalue weighted by Gasteiger charge is 2.37. The van der Waals surface area contributed by atoms with Gasteiger partial charge in [-0.2, -0.15) is 0 Å². The Bertz CT molecular complexity index is 1450. The van der Waals surface area contributed by atoms with Gasteiger partial charge in [-0.15, -0.1) is 0 Å². The molecule has 5 rings (SSSR count). The second-order valence-electron chi connectivity index (χ2n) is 12.8. The number of fused-ring (bicyclic) bond motifs is 1. The predicted molar refractivity (Wildman–Crippen MR) is 172 cm³/mol. The number of hydrogen-bond acceptors (Lipinski definition) is 5. The molecule has 0 radical (unpaired) electrons. The van der Waals surface area contributed by atoms with Gasteiger partial charge in [0.1, 0.15) is 17.7 Å². The van der Waals surface area contributed by atoms with Crippen LogP contribution in [0, 0.1) is 11.7 Å². The molecule has 3 atom stereocenters. The van der Waals surface area contributed by atoms with Crippen LogP contribution in [-0.2, 0) is 9.53 Å².